The highest BCUT2D eigenvalue weighted by Crippen LogP contribution is 2.16. The number of aromatic nitrogens is 2. The molecule has 3 rings (SSSR count). The van der Waals surface area contributed by atoms with Gasteiger partial charge in [0.15, 0.2) is 0 Å². The van der Waals surface area contributed by atoms with Crippen molar-refractivity contribution in [3.8, 4) is 0 Å². The van der Waals surface area contributed by atoms with Crippen molar-refractivity contribution in [2.24, 2.45) is 5.73 Å². The normalized spacial score (nSPS) is 24.1. The Morgan fingerprint density at radius 3 is 2.90 bits per heavy atom. The second kappa shape index (κ2) is 4.89. The van der Waals surface area contributed by atoms with Gasteiger partial charge < -0.3 is 16.0 Å². The van der Waals surface area contributed by atoms with Crippen molar-refractivity contribution in [2.75, 3.05) is 18.0 Å². The molecule has 0 bridgehead atoms. The molecule has 104 valence electrons. The van der Waals surface area contributed by atoms with Crippen LogP contribution in [-0.4, -0.2) is 41.0 Å². The number of amides is 3. The maximum atomic E-state index is 11.4. The van der Waals surface area contributed by atoms with Gasteiger partial charge in [-0.25, -0.2) is 14.8 Å². The Morgan fingerprint density at radius 2 is 2.25 bits per heavy atom. The van der Waals surface area contributed by atoms with Gasteiger partial charge in [0.1, 0.15) is 5.70 Å². The number of carbonyl (C=O) groups is 2. The molecule has 3 amide bonds. The summed E-state index contributed by atoms with van der Waals surface area (Å²) >= 11 is 0. The Bertz CT molecular complexity index is 599. The maximum absolute atomic E-state index is 11.4. The molecular formula is C12H14N6O2. The van der Waals surface area contributed by atoms with Gasteiger partial charge in [0, 0.05) is 25.3 Å². The molecule has 0 saturated carbocycles. The molecule has 0 spiro atoms. The van der Waals surface area contributed by atoms with E-state index in [9.17, 15) is 9.59 Å². The number of hydrogen-bond acceptors (Lipinski definition) is 6. The molecule has 20 heavy (non-hydrogen) atoms. The molecule has 8 nitrogen and oxygen atoms in total. The van der Waals surface area contributed by atoms with E-state index >= 15 is 0 Å². The average molecular weight is 274 g/mol. The third kappa shape index (κ3) is 2.45. The van der Waals surface area contributed by atoms with E-state index in [-0.39, 0.29) is 11.7 Å². The number of nitrogens with one attached hydrogen (secondary N) is 2. The standard InChI is InChI=1S/C12H14N6O2/c13-7-2-4-18(6-7)11-14-3-1-8(15-11)5-9-10(19)17-12(20)16-9/h1,3,5,7H,2,4,6,13H2,(H2,16,17,19,20). The minimum atomic E-state index is -0.527. The predicted octanol–water partition coefficient (Wildman–Crippen LogP) is -0.806. The van der Waals surface area contributed by atoms with Crippen LogP contribution in [0.3, 0.4) is 0 Å². The van der Waals surface area contributed by atoms with Crippen LogP contribution in [0.1, 0.15) is 12.1 Å². The maximum Gasteiger partial charge on any atom is 0.326 e. The minimum Gasteiger partial charge on any atom is -0.339 e. The highest BCUT2D eigenvalue weighted by Gasteiger charge is 2.24. The number of imide groups is 1. The molecule has 1 aromatic heterocycles. The first-order valence-corrected chi connectivity index (χ1v) is 6.29. The number of hydrogen-bond donors (Lipinski definition) is 3. The fraction of sp³-hybridized carbons (Fsp3) is 0.333. The first kappa shape index (κ1) is 12.5. The van der Waals surface area contributed by atoms with E-state index in [0.717, 1.165) is 19.5 Å². The molecule has 0 aliphatic carbocycles. The summed E-state index contributed by atoms with van der Waals surface area (Å²) in [7, 11) is 0. The molecule has 0 radical (unpaired) electrons. The quantitative estimate of drug-likeness (QED) is 0.480. The van der Waals surface area contributed by atoms with Crippen LogP contribution in [0.15, 0.2) is 18.0 Å². The van der Waals surface area contributed by atoms with E-state index in [0.29, 0.717) is 11.6 Å². The van der Waals surface area contributed by atoms with Gasteiger partial charge in [-0.3, -0.25) is 10.1 Å². The van der Waals surface area contributed by atoms with Crippen molar-refractivity contribution in [2.45, 2.75) is 12.5 Å². The Kier molecular flexibility index (Phi) is 3.07. The van der Waals surface area contributed by atoms with Crippen molar-refractivity contribution < 1.29 is 9.59 Å². The summed E-state index contributed by atoms with van der Waals surface area (Å²) in [4.78, 5) is 33.0. The number of anilines is 1. The third-order valence-corrected chi connectivity index (χ3v) is 3.18. The summed E-state index contributed by atoms with van der Waals surface area (Å²) in [5.74, 6) is 0.121. The van der Waals surface area contributed by atoms with Gasteiger partial charge in [0.25, 0.3) is 5.91 Å². The Morgan fingerprint density at radius 1 is 1.40 bits per heavy atom. The van der Waals surface area contributed by atoms with Gasteiger partial charge in [-0.2, -0.15) is 0 Å². The molecule has 4 N–H and O–H groups in total. The molecule has 2 fully saturated rings. The lowest BCUT2D eigenvalue weighted by molar-refractivity contribution is -0.115. The summed E-state index contributed by atoms with van der Waals surface area (Å²) < 4.78 is 0. The fourth-order valence-corrected chi connectivity index (χ4v) is 2.19. The lowest BCUT2D eigenvalue weighted by Gasteiger charge is -2.15. The lowest BCUT2D eigenvalue weighted by atomic mass is 10.3. The molecule has 3 heterocycles. The summed E-state index contributed by atoms with van der Waals surface area (Å²) in [6.07, 6.45) is 4.04. The Balaban J connectivity index is 1.83. The first-order chi connectivity index (χ1) is 9.61. The first-order valence-electron chi connectivity index (χ1n) is 6.29. The van der Waals surface area contributed by atoms with Gasteiger partial charge in [0.05, 0.1) is 5.69 Å². The van der Waals surface area contributed by atoms with Gasteiger partial charge >= 0.3 is 6.03 Å². The highest BCUT2D eigenvalue weighted by molar-refractivity contribution is 6.13. The van der Waals surface area contributed by atoms with Crippen molar-refractivity contribution in [3.05, 3.63) is 23.7 Å². The second-order valence-electron chi connectivity index (χ2n) is 4.74. The highest BCUT2D eigenvalue weighted by atomic mass is 16.2. The second-order valence-corrected chi connectivity index (χ2v) is 4.74. The van der Waals surface area contributed by atoms with Crippen molar-refractivity contribution in [3.63, 3.8) is 0 Å². The van der Waals surface area contributed by atoms with Gasteiger partial charge in [-0.05, 0) is 18.6 Å². The zero-order valence-corrected chi connectivity index (χ0v) is 10.7. The third-order valence-electron chi connectivity index (χ3n) is 3.18. The van der Waals surface area contributed by atoms with Crippen LogP contribution < -0.4 is 21.3 Å². The largest absolute Gasteiger partial charge is 0.339 e. The average Bonchev–Trinajstić information content (AvgIpc) is 2.97. The molecular weight excluding hydrogens is 260 g/mol. The molecule has 2 aliphatic heterocycles. The molecule has 8 heteroatoms. The molecule has 1 unspecified atom stereocenters. The SMILES string of the molecule is NC1CCN(c2nccc(C=C3NC(=O)NC3=O)n2)C1. The topological polar surface area (TPSA) is 113 Å². The summed E-state index contributed by atoms with van der Waals surface area (Å²) in [5, 5.41) is 4.55. The van der Waals surface area contributed by atoms with Crippen LogP contribution in [0.25, 0.3) is 6.08 Å². The van der Waals surface area contributed by atoms with E-state index in [4.69, 9.17) is 5.73 Å². The molecule has 2 aliphatic rings. The number of carbonyl (C=O) groups excluding carboxylic acids is 2. The summed E-state index contributed by atoms with van der Waals surface area (Å²) in [6.45, 7) is 1.54. The van der Waals surface area contributed by atoms with Crippen LogP contribution in [0.2, 0.25) is 0 Å². The number of nitrogens with two attached hydrogens (primary N) is 1. The van der Waals surface area contributed by atoms with Crippen LogP contribution >= 0.6 is 0 Å². The summed E-state index contributed by atoms with van der Waals surface area (Å²) in [6, 6.07) is 1.28. The number of nitrogens with zero attached hydrogens (tertiary/aromatic N) is 3. The number of rotatable bonds is 2. The van der Waals surface area contributed by atoms with E-state index in [1.54, 1.807) is 12.3 Å². The molecule has 2 saturated heterocycles. The van der Waals surface area contributed by atoms with Gasteiger partial charge in [-0.1, -0.05) is 0 Å². The van der Waals surface area contributed by atoms with Gasteiger partial charge in [-0.15, -0.1) is 0 Å². The predicted molar refractivity (Wildman–Crippen MR) is 71.5 cm³/mol. The Labute approximate surface area is 115 Å². The number of urea groups is 1. The zero-order chi connectivity index (χ0) is 14.1. The Hall–Kier alpha value is -2.48. The lowest BCUT2D eigenvalue weighted by Crippen LogP contribution is -2.27. The van der Waals surface area contributed by atoms with Crippen molar-refractivity contribution in [1.29, 1.82) is 0 Å². The van der Waals surface area contributed by atoms with E-state index < -0.39 is 11.9 Å². The fourth-order valence-electron chi connectivity index (χ4n) is 2.19. The van der Waals surface area contributed by atoms with Gasteiger partial charge in [0.2, 0.25) is 5.95 Å². The molecule has 1 aromatic rings. The van der Waals surface area contributed by atoms with Crippen LogP contribution in [0.5, 0.6) is 0 Å². The smallest absolute Gasteiger partial charge is 0.326 e. The van der Waals surface area contributed by atoms with Crippen molar-refractivity contribution in [1.82, 2.24) is 20.6 Å². The summed E-state index contributed by atoms with van der Waals surface area (Å²) in [5.41, 5.74) is 6.59. The van der Waals surface area contributed by atoms with Crippen LogP contribution in [-0.2, 0) is 4.79 Å². The van der Waals surface area contributed by atoms with E-state index in [1.165, 1.54) is 6.08 Å². The monoisotopic (exact) mass is 274 g/mol. The van der Waals surface area contributed by atoms with E-state index in [2.05, 4.69) is 20.6 Å². The van der Waals surface area contributed by atoms with Crippen LogP contribution in [0.4, 0.5) is 10.7 Å². The minimum absolute atomic E-state index is 0.139. The molecule has 1 atom stereocenters. The van der Waals surface area contributed by atoms with Crippen molar-refractivity contribution >= 4 is 24.0 Å². The van der Waals surface area contributed by atoms with Crippen LogP contribution in [0, 0.1) is 0 Å². The zero-order valence-electron chi connectivity index (χ0n) is 10.7. The molecule has 0 aromatic carbocycles. The van der Waals surface area contributed by atoms with E-state index in [1.807, 2.05) is 4.90 Å².